The van der Waals surface area contributed by atoms with E-state index in [1.165, 1.54) is 0 Å². The number of halogens is 1. The Bertz CT molecular complexity index is 573. The highest BCUT2D eigenvalue weighted by Gasteiger charge is 2.23. The van der Waals surface area contributed by atoms with E-state index in [1.54, 1.807) is 6.20 Å². The Hall–Kier alpha value is -1.32. The number of fused-ring (bicyclic) bond motifs is 1. The van der Waals surface area contributed by atoms with Gasteiger partial charge in [0.2, 0.25) is 0 Å². The minimum Gasteiger partial charge on any atom is -0.396 e. The predicted molar refractivity (Wildman–Crippen MR) is 74.2 cm³/mol. The van der Waals surface area contributed by atoms with E-state index in [1.807, 2.05) is 24.3 Å². The Morgan fingerprint density at radius 3 is 3.06 bits per heavy atom. The van der Waals surface area contributed by atoms with Gasteiger partial charge in [-0.25, -0.2) is 0 Å². The normalized spacial score (nSPS) is 19.7. The van der Waals surface area contributed by atoms with Crippen LogP contribution in [0.3, 0.4) is 0 Å². The first-order chi connectivity index (χ1) is 8.79. The number of rotatable bonds is 2. The quantitative estimate of drug-likeness (QED) is 0.904. The zero-order valence-corrected chi connectivity index (χ0v) is 10.8. The SMILES string of the molecule is OCC1CCN(c2ccc(Cl)c3cccnc23)C1. The molecule has 94 valence electrons. The lowest BCUT2D eigenvalue weighted by Crippen LogP contribution is -2.21. The summed E-state index contributed by atoms with van der Waals surface area (Å²) in [4.78, 5) is 6.73. The van der Waals surface area contributed by atoms with E-state index in [0.717, 1.165) is 41.1 Å². The van der Waals surface area contributed by atoms with Gasteiger partial charge in [0.25, 0.3) is 0 Å². The van der Waals surface area contributed by atoms with E-state index in [2.05, 4.69) is 9.88 Å². The van der Waals surface area contributed by atoms with Crippen molar-refractivity contribution in [1.82, 2.24) is 4.98 Å². The summed E-state index contributed by atoms with van der Waals surface area (Å²) < 4.78 is 0. The van der Waals surface area contributed by atoms with Gasteiger partial charge < -0.3 is 10.0 Å². The van der Waals surface area contributed by atoms with Crippen molar-refractivity contribution in [3.8, 4) is 0 Å². The van der Waals surface area contributed by atoms with Gasteiger partial charge in [0.1, 0.15) is 0 Å². The number of aliphatic hydroxyl groups excluding tert-OH is 1. The highest BCUT2D eigenvalue weighted by molar-refractivity contribution is 6.35. The number of anilines is 1. The Balaban J connectivity index is 2.05. The zero-order valence-electron chi connectivity index (χ0n) is 10.0. The number of aromatic nitrogens is 1. The molecule has 1 N–H and O–H groups in total. The van der Waals surface area contributed by atoms with Crippen molar-refractivity contribution >= 4 is 28.2 Å². The van der Waals surface area contributed by atoms with Crippen LogP contribution in [0.25, 0.3) is 10.9 Å². The van der Waals surface area contributed by atoms with Crippen molar-refractivity contribution in [2.45, 2.75) is 6.42 Å². The lowest BCUT2D eigenvalue weighted by atomic mass is 10.1. The van der Waals surface area contributed by atoms with Crippen molar-refractivity contribution < 1.29 is 5.11 Å². The topological polar surface area (TPSA) is 36.4 Å². The summed E-state index contributed by atoms with van der Waals surface area (Å²) in [5.41, 5.74) is 2.06. The van der Waals surface area contributed by atoms with Crippen LogP contribution in [0.1, 0.15) is 6.42 Å². The Morgan fingerprint density at radius 2 is 2.28 bits per heavy atom. The summed E-state index contributed by atoms with van der Waals surface area (Å²) in [6, 6.07) is 7.84. The van der Waals surface area contributed by atoms with Crippen LogP contribution in [-0.4, -0.2) is 29.8 Å². The smallest absolute Gasteiger partial charge is 0.0950 e. The van der Waals surface area contributed by atoms with Crippen LogP contribution in [0.15, 0.2) is 30.5 Å². The van der Waals surface area contributed by atoms with E-state index in [9.17, 15) is 5.11 Å². The van der Waals surface area contributed by atoms with Crippen LogP contribution in [0.4, 0.5) is 5.69 Å². The molecule has 1 unspecified atom stereocenters. The third-order valence-corrected chi connectivity index (χ3v) is 3.91. The minimum atomic E-state index is 0.259. The maximum atomic E-state index is 9.22. The number of nitrogens with zero attached hydrogens (tertiary/aromatic N) is 2. The van der Waals surface area contributed by atoms with Gasteiger partial charge in [-0.05, 0) is 30.7 Å². The first kappa shape index (κ1) is 11.8. The van der Waals surface area contributed by atoms with Crippen LogP contribution in [0, 0.1) is 5.92 Å². The minimum absolute atomic E-state index is 0.259. The second-order valence-electron chi connectivity index (χ2n) is 4.75. The predicted octanol–water partition coefficient (Wildman–Crippen LogP) is 2.71. The van der Waals surface area contributed by atoms with E-state index in [0.29, 0.717) is 5.92 Å². The van der Waals surface area contributed by atoms with Crippen molar-refractivity contribution in [1.29, 1.82) is 0 Å². The first-order valence-corrected chi connectivity index (χ1v) is 6.56. The molecule has 1 fully saturated rings. The molecule has 1 aromatic carbocycles. The van der Waals surface area contributed by atoms with Gasteiger partial charge in [-0.15, -0.1) is 0 Å². The third kappa shape index (κ3) is 1.93. The van der Waals surface area contributed by atoms with Crippen molar-refractivity contribution in [2.24, 2.45) is 5.92 Å². The molecule has 1 saturated heterocycles. The van der Waals surface area contributed by atoms with E-state index in [-0.39, 0.29) is 6.61 Å². The van der Waals surface area contributed by atoms with E-state index < -0.39 is 0 Å². The van der Waals surface area contributed by atoms with Crippen LogP contribution in [-0.2, 0) is 0 Å². The molecule has 0 bridgehead atoms. The van der Waals surface area contributed by atoms with Crippen molar-refractivity contribution in [3.63, 3.8) is 0 Å². The lowest BCUT2D eigenvalue weighted by molar-refractivity contribution is 0.238. The first-order valence-electron chi connectivity index (χ1n) is 6.18. The van der Waals surface area contributed by atoms with Crippen LogP contribution in [0.5, 0.6) is 0 Å². The molecule has 3 nitrogen and oxygen atoms in total. The van der Waals surface area contributed by atoms with Gasteiger partial charge in [-0.2, -0.15) is 0 Å². The molecule has 4 heteroatoms. The number of pyridine rings is 1. The molecule has 1 aromatic heterocycles. The van der Waals surface area contributed by atoms with Crippen LogP contribution < -0.4 is 4.90 Å². The maximum Gasteiger partial charge on any atom is 0.0950 e. The molecule has 2 aromatic rings. The van der Waals surface area contributed by atoms with Crippen molar-refractivity contribution in [2.75, 3.05) is 24.6 Å². The Morgan fingerprint density at radius 1 is 1.39 bits per heavy atom. The van der Waals surface area contributed by atoms with Crippen LogP contribution >= 0.6 is 11.6 Å². The summed E-state index contributed by atoms with van der Waals surface area (Å²) in [5, 5.41) is 11.0. The molecule has 1 aliphatic rings. The Kier molecular flexibility index (Phi) is 3.10. The number of aliphatic hydroxyl groups is 1. The highest BCUT2D eigenvalue weighted by atomic mass is 35.5. The number of hydrogen-bond donors (Lipinski definition) is 1. The van der Waals surface area contributed by atoms with Gasteiger partial charge in [0, 0.05) is 37.2 Å². The number of hydrogen-bond acceptors (Lipinski definition) is 3. The maximum absolute atomic E-state index is 9.22. The molecule has 3 rings (SSSR count). The average molecular weight is 263 g/mol. The van der Waals surface area contributed by atoms with Gasteiger partial charge in [-0.3, -0.25) is 4.98 Å². The summed E-state index contributed by atoms with van der Waals surface area (Å²) >= 11 is 6.19. The molecule has 18 heavy (non-hydrogen) atoms. The Labute approximate surface area is 111 Å². The molecule has 0 radical (unpaired) electrons. The molecule has 0 aliphatic carbocycles. The molecule has 0 saturated carbocycles. The zero-order chi connectivity index (χ0) is 12.5. The monoisotopic (exact) mass is 262 g/mol. The lowest BCUT2D eigenvalue weighted by Gasteiger charge is -2.20. The highest BCUT2D eigenvalue weighted by Crippen LogP contribution is 2.33. The fraction of sp³-hybridized carbons (Fsp3) is 0.357. The largest absolute Gasteiger partial charge is 0.396 e. The summed E-state index contributed by atoms with van der Waals surface area (Å²) in [6.45, 7) is 2.12. The van der Waals surface area contributed by atoms with Gasteiger partial charge in [0.15, 0.2) is 0 Å². The van der Waals surface area contributed by atoms with Crippen molar-refractivity contribution in [3.05, 3.63) is 35.5 Å². The molecule has 0 spiro atoms. The summed E-state index contributed by atoms with van der Waals surface area (Å²) in [5.74, 6) is 0.374. The molecular weight excluding hydrogens is 248 g/mol. The second kappa shape index (κ2) is 4.75. The van der Waals surface area contributed by atoms with Gasteiger partial charge in [-0.1, -0.05) is 11.6 Å². The summed E-state index contributed by atoms with van der Waals surface area (Å²) in [7, 11) is 0. The van der Waals surface area contributed by atoms with E-state index in [4.69, 9.17) is 11.6 Å². The fourth-order valence-electron chi connectivity index (χ4n) is 2.58. The second-order valence-corrected chi connectivity index (χ2v) is 5.16. The fourth-order valence-corrected chi connectivity index (χ4v) is 2.79. The molecule has 1 aliphatic heterocycles. The number of benzene rings is 1. The third-order valence-electron chi connectivity index (χ3n) is 3.58. The molecule has 0 amide bonds. The van der Waals surface area contributed by atoms with Gasteiger partial charge in [0.05, 0.1) is 16.2 Å². The molecular formula is C14H15ClN2O. The van der Waals surface area contributed by atoms with Crippen LogP contribution in [0.2, 0.25) is 5.02 Å². The standard InChI is InChI=1S/C14H15ClN2O/c15-12-3-4-13(14-11(12)2-1-6-16-14)17-7-5-10(8-17)9-18/h1-4,6,10,18H,5,7-9H2. The summed E-state index contributed by atoms with van der Waals surface area (Å²) in [6.07, 6.45) is 2.83. The average Bonchev–Trinajstić information content (AvgIpc) is 2.88. The molecule has 2 heterocycles. The van der Waals surface area contributed by atoms with Gasteiger partial charge >= 0.3 is 0 Å². The molecule has 1 atom stereocenters. The van der Waals surface area contributed by atoms with E-state index >= 15 is 0 Å².